The molecule has 0 radical (unpaired) electrons. The van der Waals surface area contributed by atoms with E-state index >= 15 is 0 Å². The zero-order chi connectivity index (χ0) is 24.0. The number of rotatable bonds is 6. The van der Waals surface area contributed by atoms with Gasteiger partial charge in [0.05, 0.1) is 17.6 Å². The summed E-state index contributed by atoms with van der Waals surface area (Å²) in [7, 11) is 1.73. The summed E-state index contributed by atoms with van der Waals surface area (Å²) in [5.41, 5.74) is 8.49. The van der Waals surface area contributed by atoms with Crippen molar-refractivity contribution in [1.29, 1.82) is 0 Å². The second-order valence-electron chi connectivity index (χ2n) is 7.65. The van der Waals surface area contributed by atoms with Crippen molar-refractivity contribution in [3.63, 3.8) is 0 Å². The number of hydrogen-bond donors (Lipinski definition) is 2. The number of nitrogens with zero attached hydrogens (tertiary/aromatic N) is 5. The monoisotopic (exact) mass is 473 g/mol. The molecule has 0 aliphatic rings. The molecule has 0 atom stereocenters. The number of aryl methyl sites for hydroxylation is 3. The Labute approximate surface area is 191 Å². The van der Waals surface area contributed by atoms with E-state index in [9.17, 15) is 18.4 Å². The fourth-order valence-corrected chi connectivity index (χ4v) is 4.66. The highest BCUT2D eigenvalue weighted by atomic mass is 32.1. The minimum Gasteiger partial charge on any atom is -0.365 e. The second-order valence-corrected chi connectivity index (χ2v) is 8.65. The maximum atomic E-state index is 13.6. The average molecular weight is 474 g/mol. The first kappa shape index (κ1) is 22.5. The lowest BCUT2D eigenvalue weighted by atomic mass is 10.0. The van der Waals surface area contributed by atoms with E-state index in [0.717, 1.165) is 28.4 Å². The van der Waals surface area contributed by atoms with Gasteiger partial charge in [-0.1, -0.05) is 0 Å². The Balaban J connectivity index is 1.89. The molecular weight excluding hydrogens is 452 g/mol. The molecule has 4 aromatic rings. The molecule has 3 N–H and O–H groups in total. The van der Waals surface area contributed by atoms with Crippen LogP contribution in [-0.4, -0.2) is 36.4 Å². The van der Waals surface area contributed by atoms with Crippen LogP contribution in [0.5, 0.6) is 0 Å². The fraction of sp³-hybridized carbons (Fsp3) is 0.286. The summed E-state index contributed by atoms with van der Waals surface area (Å²) in [6.07, 6.45) is -1.28. The van der Waals surface area contributed by atoms with Crippen molar-refractivity contribution < 1.29 is 18.4 Å². The number of carbonyl (C=O) groups is 2. The molecule has 0 aromatic carbocycles. The van der Waals surface area contributed by atoms with Gasteiger partial charge in [-0.25, -0.2) is 13.8 Å². The quantitative estimate of drug-likeness (QED) is 0.444. The number of carbonyl (C=O) groups excluding carboxylic acids is 2. The molecule has 4 aromatic heterocycles. The molecule has 9 nitrogen and oxygen atoms in total. The number of amides is 2. The Morgan fingerprint density at radius 1 is 1.21 bits per heavy atom. The van der Waals surface area contributed by atoms with E-state index < -0.39 is 23.9 Å². The van der Waals surface area contributed by atoms with Gasteiger partial charge in [0.25, 0.3) is 12.3 Å². The SMILES string of the molecule is Cc1cc(C)n(CC(=O)Nc2c(C(N)=O)sc3nc(C(F)F)cc(-c4cnn(C)c4C)c23)n1. The number of nitrogens with two attached hydrogens (primary N) is 1. The van der Waals surface area contributed by atoms with E-state index in [4.69, 9.17) is 5.73 Å². The van der Waals surface area contributed by atoms with Crippen LogP contribution in [0.1, 0.15) is 38.9 Å². The zero-order valence-corrected chi connectivity index (χ0v) is 19.1. The fourth-order valence-electron chi connectivity index (χ4n) is 3.65. The van der Waals surface area contributed by atoms with Gasteiger partial charge in [0.15, 0.2) is 0 Å². The van der Waals surface area contributed by atoms with E-state index in [1.54, 1.807) is 24.9 Å². The van der Waals surface area contributed by atoms with Gasteiger partial charge in [-0.2, -0.15) is 10.2 Å². The second kappa shape index (κ2) is 8.35. The van der Waals surface area contributed by atoms with Gasteiger partial charge in [-0.15, -0.1) is 11.3 Å². The molecule has 12 heteroatoms. The van der Waals surface area contributed by atoms with E-state index in [2.05, 4.69) is 20.5 Å². The predicted octanol–water partition coefficient (Wildman–Crippen LogP) is 3.49. The largest absolute Gasteiger partial charge is 0.365 e. The van der Waals surface area contributed by atoms with Crippen LogP contribution >= 0.6 is 11.3 Å². The number of primary amides is 1. The zero-order valence-electron chi connectivity index (χ0n) is 18.3. The Hall–Kier alpha value is -3.67. The van der Waals surface area contributed by atoms with Gasteiger partial charge < -0.3 is 11.1 Å². The summed E-state index contributed by atoms with van der Waals surface area (Å²) in [6.45, 7) is 5.33. The number of alkyl halides is 2. The summed E-state index contributed by atoms with van der Waals surface area (Å²) >= 11 is 0.857. The van der Waals surface area contributed by atoms with Crippen LogP contribution in [0.4, 0.5) is 14.5 Å². The highest BCUT2D eigenvalue weighted by molar-refractivity contribution is 7.21. The number of aromatic nitrogens is 5. The van der Waals surface area contributed by atoms with Crippen LogP contribution in [0.25, 0.3) is 21.3 Å². The van der Waals surface area contributed by atoms with Gasteiger partial charge in [-0.05, 0) is 38.5 Å². The average Bonchev–Trinajstić information content (AvgIpc) is 3.37. The topological polar surface area (TPSA) is 121 Å². The summed E-state index contributed by atoms with van der Waals surface area (Å²) in [5, 5.41) is 11.6. The van der Waals surface area contributed by atoms with Gasteiger partial charge >= 0.3 is 0 Å². The lowest BCUT2D eigenvalue weighted by Gasteiger charge is -2.11. The van der Waals surface area contributed by atoms with Crippen LogP contribution < -0.4 is 11.1 Å². The molecule has 4 rings (SSSR count). The first-order chi connectivity index (χ1) is 15.6. The number of pyridine rings is 1. The van der Waals surface area contributed by atoms with Crippen molar-refractivity contribution in [2.75, 3.05) is 5.32 Å². The number of halogens is 2. The molecule has 0 bridgehead atoms. The smallest absolute Gasteiger partial charge is 0.280 e. The summed E-state index contributed by atoms with van der Waals surface area (Å²) in [4.78, 5) is 29.3. The third-order valence-corrected chi connectivity index (χ3v) is 6.41. The first-order valence-electron chi connectivity index (χ1n) is 9.92. The lowest BCUT2D eigenvalue weighted by molar-refractivity contribution is -0.116. The standard InChI is InChI=1S/C21H21F2N7O2S/c1-9-5-10(2)30(28-9)8-15(31)27-17-16-12(13-7-25-29(4)11(13)3)6-14(19(22)23)26-21(16)33-18(17)20(24)32/h5-7,19H,8H2,1-4H3,(H2,24,32)(H,27,31). The van der Waals surface area contributed by atoms with Crippen molar-refractivity contribution in [1.82, 2.24) is 24.5 Å². The normalized spacial score (nSPS) is 11.5. The minimum atomic E-state index is -2.83. The molecule has 0 unspecified atom stereocenters. The molecule has 0 aliphatic carbocycles. The van der Waals surface area contributed by atoms with E-state index in [1.165, 1.54) is 10.7 Å². The first-order valence-corrected chi connectivity index (χ1v) is 10.7. The number of anilines is 1. The molecule has 0 aliphatic heterocycles. The van der Waals surface area contributed by atoms with Crippen molar-refractivity contribution in [2.24, 2.45) is 12.8 Å². The van der Waals surface area contributed by atoms with Gasteiger partial charge in [0, 0.05) is 29.4 Å². The van der Waals surface area contributed by atoms with Crippen molar-refractivity contribution in [3.8, 4) is 11.1 Å². The highest BCUT2D eigenvalue weighted by Crippen LogP contribution is 2.43. The molecule has 0 spiro atoms. The summed E-state index contributed by atoms with van der Waals surface area (Å²) in [6, 6.07) is 3.09. The summed E-state index contributed by atoms with van der Waals surface area (Å²) < 4.78 is 30.3. The van der Waals surface area contributed by atoms with Crippen LogP contribution in [0.15, 0.2) is 18.3 Å². The van der Waals surface area contributed by atoms with Gasteiger partial charge in [0.1, 0.15) is 21.9 Å². The highest BCUT2D eigenvalue weighted by Gasteiger charge is 2.26. The molecule has 0 saturated carbocycles. The Kier molecular flexibility index (Phi) is 5.70. The van der Waals surface area contributed by atoms with Gasteiger partial charge in [0.2, 0.25) is 5.91 Å². The van der Waals surface area contributed by atoms with Crippen LogP contribution in [0.2, 0.25) is 0 Å². The maximum absolute atomic E-state index is 13.6. The van der Waals surface area contributed by atoms with E-state index in [0.29, 0.717) is 16.5 Å². The van der Waals surface area contributed by atoms with Gasteiger partial charge in [-0.3, -0.25) is 19.0 Å². The predicted molar refractivity (Wildman–Crippen MR) is 120 cm³/mol. The van der Waals surface area contributed by atoms with Crippen LogP contribution in [0, 0.1) is 20.8 Å². The Morgan fingerprint density at radius 3 is 2.48 bits per heavy atom. The number of hydrogen-bond acceptors (Lipinski definition) is 6. The third kappa shape index (κ3) is 4.09. The van der Waals surface area contributed by atoms with E-state index in [1.807, 2.05) is 19.9 Å². The minimum absolute atomic E-state index is 0.0217. The molecule has 0 saturated heterocycles. The van der Waals surface area contributed by atoms with Crippen LogP contribution in [0.3, 0.4) is 0 Å². The van der Waals surface area contributed by atoms with Crippen molar-refractivity contribution >= 4 is 39.1 Å². The molecule has 33 heavy (non-hydrogen) atoms. The van der Waals surface area contributed by atoms with Crippen molar-refractivity contribution in [3.05, 3.63) is 46.0 Å². The Bertz CT molecular complexity index is 1400. The van der Waals surface area contributed by atoms with E-state index in [-0.39, 0.29) is 21.9 Å². The molecule has 0 fully saturated rings. The maximum Gasteiger partial charge on any atom is 0.280 e. The number of nitrogens with one attached hydrogen (secondary N) is 1. The Morgan fingerprint density at radius 2 is 1.94 bits per heavy atom. The molecule has 4 heterocycles. The molecule has 172 valence electrons. The number of thiophene rings is 1. The van der Waals surface area contributed by atoms with Crippen molar-refractivity contribution in [2.45, 2.75) is 33.7 Å². The molecular formula is C21H21F2N7O2S. The molecule has 2 amide bonds. The third-order valence-electron chi connectivity index (χ3n) is 5.32. The number of fused-ring (bicyclic) bond motifs is 1. The lowest BCUT2D eigenvalue weighted by Crippen LogP contribution is -2.22. The summed E-state index contributed by atoms with van der Waals surface area (Å²) in [5.74, 6) is -1.25. The van der Waals surface area contributed by atoms with Crippen LogP contribution in [-0.2, 0) is 18.4 Å².